The van der Waals surface area contributed by atoms with Gasteiger partial charge in [-0.2, -0.15) is 0 Å². The second kappa shape index (κ2) is 22.8. The average Bonchev–Trinajstić information content (AvgIpc) is 2.79. The Bertz CT molecular complexity index is 647. The number of rotatable bonds is 10. The summed E-state index contributed by atoms with van der Waals surface area (Å²) < 4.78 is 0. The van der Waals surface area contributed by atoms with E-state index >= 15 is 0 Å². The molecule has 1 aliphatic heterocycles. The number of amides is 1. The molecule has 0 aromatic carbocycles. The van der Waals surface area contributed by atoms with Crippen LogP contribution in [-0.4, -0.2) is 162 Å². The van der Waals surface area contributed by atoms with Crippen LogP contribution in [0.3, 0.4) is 0 Å². The minimum Gasteiger partial charge on any atom is -0.481 e. The maximum Gasteiger partial charge on any atom is 0.317 e. The van der Waals surface area contributed by atoms with E-state index in [2.05, 4.69) is 5.32 Å². The summed E-state index contributed by atoms with van der Waals surface area (Å²) in [5.41, 5.74) is 0. The highest BCUT2D eigenvalue weighted by Gasteiger charge is 2.20. The first kappa shape index (κ1) is 35.5. The van der Waals surface area contributed by atoms with Gasteiger partial charge in [0, 0.05) is 72.9 Å². The quantitative estimate of drug-likeness (QED) is 0.195. The predicted octanol–water partition coefficient (Wildman–Crippen LogP) is -2.20. The zero-order chi connectivity index (χ0) is 27.9. The van der Waals surface area contributed by atoms with Gasteiger partial charge in [0.1, 0.15) is 6.29 Å². The summed E-state index contributed by atoms with van der Waals surface area (Å²) >= 11 is 0. The normalized spacial score (nSPS) is 16.6. The molecular formula is C22H43N5O9. The highest BCUT2D eigenvalue weighted by Crippen LogP contribution is 2.01. The van der Waals surface area contributed by atoms with Gasteiger partial charge < -0.3 is 30.5 Å². The van der Waals surface area contributed by atoms with Crippen LogP contribution in [0.4, 0.5) is 0 Å². The minimum atomic E-state index is -0.948. The lowest BCUT2D eigenvalue weighted by molar-refractivity contribution is -0.140. The Hall–Kier alpha value is -2.65. The summed E-state index contributed by atoms with van der Waals surface area (Å²) in [6, 6.07) is 0. The van der Waals surface area contributed by atoms with Gasteiger partial charge in [0.2, 0.25) is 5.91 Å². The highest BCUT2D eigenvalue weighted by atomic mass is 16.4. The summed E-state index contributed by atoms with van der Waals surface area (Å²) in [6.07, 6.45) is 1.67. The first-order valence-electron chi connectivity index (χ1n) is 11.7. The van der Waals surface area contributed by atoms with Crippen molar-refractivity contribution in [3.8, 4) is 0 Å². The van der Waals surface area contributed by atoms with E-state index in [0.717, 1.165) is 26.7 Å². The number of carbonyl (C=O) groups is 5. The Morgan fingerprint density at radius 2 is 1.06 bits per heavy atom. The number of aliphatic hydroxyl groups is 1. The van der Waals surface area contributed by atoms with Crippen LogP contribution in [0.25, 0.3) is 0 Å². The molecule has 0 saturated carbocycles. The molecule has 0 aliphatic carbocycles. The molecule has 0 spiro atoms. The topological polar surface area (TPSA) is 191 Å². The van der Waals surface area contributed by atoms with Crippen molar-refractivity contribution in [3.05, 3.63) is 0 Å². The van der Waals surface area contributed by atoms with E-state index in [9.17, 15) is 24.3 Å². The molecule has 14 heteroatoms. The fourth-order valence-electron chi connectivity index (χ4n) is 3.25. The van der Waals surface area contributed by atoms with E-state index in [1.54, 1.807) is 9.80 Å². The third kappa shape index (κ3) is 21.9. The number of nitrogens with zero attached hydrogens (tertiary/aromatic N) is 4. The molecule has 0 radical (unpaired) electrons. The average molecular weight is 522 g/mol. The maximum absolute atomic E-state index is 12.2. The van der Waals surface area contributed by atoms with Gasteiger partial charge in [0.05, 0.1) is 26.2 Å². The molecular weight excluding hydrogens is 478 g/mol. The maximum atomic E-state index is 12.2. The lowest BCUT2D eigenvalue weighted by Crippen LogP contribution is -2.49. The lowest BCUT2D eigenvalue weighted by atomic mass is 10.3. The Morgan fingerprint density at radius 1 is 0.722 bits per heavy atom. The smallest absolute Gasteiger partial charge is 0.317 e. The van der Waals surface area contributed by atoms with Gasteiger partial charge in [-0.05, 0) is 6.42 Å². The van der Waals surface area contributed by atoms with Gasteiger partial charge in [-0.1, -0.05) is 6.92 Å². The Morgan fingerprint density at radius 3 is 1.36 bits per heavy atom. The fraction of sp³-hybridized carbons (Fsp3) is 0.773. The van der Waals surface area contributed by atoms with E-state index in [0.29, 0.717) is 58.9 Å². The lowest BCUT2D eigenvalue weighted by Gasteiger charge is -2.32. The first-order chi connectivity index (χ1) is 17.1. The zero-order valence-corrected chi connectivity index (χ0v) is 21.6. The molecule has 1 amide bonds. The van der Waals surface area contributed by atoms with Crippen molar-refractivity contribution < 1.29 is 44.4 Å². The molecule has 0 aromatic heterocycles. The number of carboxylic acids is 3. The molecule has 1 rings (SSSR count). The van der Waals surface area contributed by atoms with Crippen LogP contribution in [0, 0.1) is 0 Å². The molecule has 0 atom stereocenters. The Balaban J connectivity index is 0. The number of aliphatic carboxylic acids is 3. The second-order valence-electron chi connectivity index (χ2n) is 7.95. The van der Waals surface area contributed by atoms with Crippen LogP contribution < -0.4 is 5.32 Å². The minimum absolute atomic E-state index is 0.0803. The van der Waals surface area contributed by atoms with Crippen molar-refractivity contribution in [1.82, 2.24) is 24.9 Å². The third-order valence-electron chi connectivity index (χ3n) is 4.92. The number of aldehydes is 1. The number of carbonyl (C=O) groups excluding carboxylic acids is 2. The van der Waals surface area contributed by atoms with Gasteiger partial charge in [-0.25, -0.2) is 0 Å². The van der Waals surface area contributed by atoms with E-state index in [4.69, 9.17) is 20.1 Å². The van der Waals surface area contributed by atoms with Crippen molar-refractivity contribution in [2.24, 2.45) is 0 Å². The Kier molecular flexibility index (Phi) is 22.5. The van der Waals surface area contributed by atoms with E-state index in [-0.39, 0.29) is 32.1 Å². The van der Waals surface area contributed by atoms with E-state index < -0.39 is 17.9 Å². The number of carboxylic acid groups (broad SMARTS) is 3. The van der Waals surface area contributed by atoms with Crippen LogP contribution in [0.5, 0.6) is 0 Å². The zero-order valence-electron chi connectivity index (χ0n) is 21.6. The van der Waals surface area contributed by atoms with Crippen molar-refractivity contribution in [3.63, 3.8) is 0 Å². The van der Waals surface area contributed by atoms with Gasteiger partial charge in [0.15, 0.2) is 0 Å². The van der Waals surface area contributed by atoms with E-state index in [1.807, 2.05) is 16.7 Å². The number of hydrogen-bond donors (Lipinski definition) is 5. The van der Waals surface area contributed by atoms with Crippen LogP contribution >= 0.6 is 0 Å². The highest BCUT2D eigenvalue weighted by molar-refractivity contribution is 5.78. The molecule has 210 valence electrons. The molecule has 1 fully saturated rings. The number of hydrogen-bond acceptors (Lipinski definition) is 10. The summed E-state index contributed by atoms with van der Waals surface area (Å²) in [7, 11) is 1.00. The van der Waals surface area contributed by atoms with E-state index in [1.165, 1.54) is 0 Å². The number of aliphatic hydroxyl groups excluding tert-OH is 1. The molecule has 14 nitrogen and oxygen atoms in total. The van der Waals surface area contributed by atoms with Gasteiger partial charge in [0.25, 0.3) is 5.97 Å². The van der Waals surface area contributed by atoms with Crippen LogP contribution in [0.15, 0.2) is 0 Å². The van der Waals surface area contributed by atoms with Gasteiger partial charge in [-0.3, -0.25) is 38.8 Å². The summed E-state index contributed by atoms with van der Waals surface area (Å²) in [5.74, 6) is -2.81. The predicted molar refractivity (Wildman–Crippen MR) is 132 cm³/mol. The first-order valence-corrected chi connectivity index (χ1v) is 11.7. The largest absolute Gasteiger partial charge is 0.481 e. The molecule has 5 N–H and O–H groups in total. The van der Waals surface area contributed by atoms with Crippen LogP contribution in [0.2, 0.25) is 0 Å². The SMILES string of the molecule is CC(=O)O.CCCNC(=O)CN1CCN(CC=O)CCN(CC(=O)O)CCN(CC(=O)O)CC1.CO. The van der Waals surface area contributed by atoms with Crippen LogP contribution in [-0.2, 0) is 24.0 Å². The molecule has 1 saturated heterocycles. The third-order valence-corrected chi connectivity index (χ3v) is 4.92. The summed E-state index contributed by atoms with van der Waals surface area (Å²) in [4.78, 5) is 62.0. The fourth-order valence-corrected chi connectivity index (χ4v) is 3.25. The standard InChI is InChI=1S/C19H35N5O6.C2H4O2.CH4O/c1-2-3-20-17(26)14-22-6-4-21(12-13-25)5-7-23(15-18(27)28)10-11-24(9-8-22)16-19(29)30;1-2(3)4;1-2/h13H,2-12,14-16H2,1H3,(H,20,26)(H,27,28)(H,29,30);1H3,(H,3,4);2H,1H3. The van der Waals surface area contributed by atoms with Gasteiger partial charge >= 0.3 is 11.9 Å². The van der Waals surface area contributed by atoms with Crippen molar-refractivity contribution in [1.29, 1.82) is 0 Å². The summed E-state index contributed by atoms with van der Waals surface area (Å²) in [6.45, 7) is 7.67. The molecule has 1 heterocycles. The van der Waals surface area contributed by atoms with Crippen molar-refractivity contribution >= 4 is 30.1 Å². The molecule has 0 unspecified atom stereocenters. The Labute approximate surface area is 212 Å². The number of nitrogens with one attached hydrogen (secondary N) is 1. The van der Waals surface area contributed by atoms with Gasteiger partial charge in [-0.15, -0.1) is 0 Å². The van der Waals surface area contributed by atoms with Crippen molar-refractivity contribution in [2.75, 3.05) is 92.2 Å². The van der Waals surface area contributed by atoms with Crippen LogP contribution in [0.1, 0.15) is 20.3 Å². The molecule has 1 aliphatic rings. The summed E-state index contributed by atoms with van der Waals surface area (Å²) in [5, 5.41) is 35.6. The van der Waals surface area contributed by atoms with Crippen molar-refractivity contribution in [2.45, 2.75) is 20.3 Å². The second-order valence-corrected chi connectivity index (χ2v) is 7.95. The monoisotopic (exact) mass is 521 g/mol. The molecule has 0 bridgehead atoms. The molecule has 0 aromatic rings. The molecule has 36 heavy (non-hydrogen) atoms.